The number of thiazole rings is 1. The van der Waals surface area contributed by atoms with Crippen LogP contribution in [0.4, 0.5) is 0 Å². The second kappa shape index (κ2) is 5.27. The van der Waals surface area contributed by atoms with E-state index in [2.05, 4.69) is 38.4 Å². The summed E-state index contributed by atoms with van der Waals surface area (Å²) in [5.74, 6) is 1.85. The van der Waals surface area contributed by atoms with Crippen molar-refractivity contribution in [2.24, 2.45) is 0 Å². The second-order valence-corrected chi connectivity index (χ2v) is 6.18. The van der Waals surface area contributed by atoms with Crippen LogP contribution in [0.15, 0.2) is 0 Å². The SMILES string of the molecule is Cc1nc(CSC(C)C)sc1CS. The molecule has 1 nitrogen and oxygen atoms in total. The first kappa shape index (κ1) is 11.4. The zero-order valence-electron chi connectivity index (χ0n) is 8.20. The predicted octanol–water partition coefficient (Wildman–Crippen LogP) is 3.52. The molecule has 0 atom stereocenters. The number of hydrogen-bond donors (Lipinski definition) is 1. The maximum Gasteiger partial charge on any atom is 0.103 e. The molecule has 74 valence electrons. The van der Waals surface area contributed by atoms with Gasteiger partial charge in [-0.15, -0.1) is 11.3 Å². The van der Waals surface area contributed by atoms with Crippen LogP contribution in [0.3, 0.4) is 0 Å². The van der Waals surface area contributed by atoms with E-state index in [0.717, 1.165) is 17.2 Å². The van der Waals surface area contributed by atoms with E-state index in [0.29, 0.717) is 5.25 Å². The van der Waals surface area contributed by atoms with E-state index in [4.69, 9.17) is 0 Å². The minimum Gasteiger partial charge on any atom is -0.245 e. The van der Waals surface area contributed by atoms with Crippen LogP contribution in [0.5, 0.6) is 0 Å². The molecular weight excluding hydrogens is 218 g/mol. The molecule has 4 heteroatoms. The summed E-state index contributed by atoms with van der Waals surface area (Å²) in [4.78, 5) is 5.81. The molecule has 0 saturated carbocycles. The van der Waals surface area contributed by atoms with Crippen molar-refractivity contribution in [3.8, 4) is 0 Å². The zero-order chi connectivity index (χ0) is 9.84. The molecule has 1 aromatic rings. The molecule has 0 aromatic carbocycles. The van der Waals surface area contributed by atoms with Gasteiger partial charge in [0.15, 0.2) is 0 Å². The van der Waals surface area contributed by atoms with Crippen LogP contribution < -0.4 is 0 Å². The fourth-order valence-electron chi connectivity index (χ4n) is 0.935. The number of aromatic nitrogens is 1. The lowest BCUT2D eigenvalue weighted by Gasteiger charge is -2.00. The van der Waals surface area contributed by atoms with E-state index in [1.165, 1.54) is 9.88 Å². The highest BCUT2D eigenvalue weighted by molar-refractivity contribution is 7.99. The Kier molecular flexibility index (Phi) is 4.62. The third-order valence-electron chi connectivity index (χ3n) is 1.62. The Morgan fingerprint density at radius 2 is 2.23 bits per heavy atom. The van der Waals surface area contributed by atoms with Gasteiger partial charge in [-0.3, -0.25) is 0 Å². The summed E-state index contributed by atoms with van der Waals surface area (Å²) in [5.41, 5.74) is 1.15. The van der Waals surface area contributed by atoms with E-state index < -0.39 is 0 Å². The lowest BCUT2D eigenvalue weighted by molar-refractivity contribution is 1.10. The third-order valence-corrected chi connectivity index (χ3v) is 4.60. The first-order valence-corrected chi connectivity index (χ1v) is 6.81. The Balaban J connectivity index is 2.57. The number of hydrogen-bond acceptors (Lipinski definition) is 4. The van der Waals surface area contributed by atoms with Crippen LogP contribution in [0.1, 0.15) is 29.4 Å². The van der Waals surface area contributed by atoms with Gasteiger partial charge >= 0.3 is 0 Å². The molecule has 0 aliphatic rings. The van der Waals surface area contributed by atoms with E-state index in [-0.39, 0.29) is 0 Å². The maximum atomic E-state index is 4.50. The average molecular weight is 233 g/mol. The Labute approximate surface area is 93.8 Å². The van der Waals surface area contributed by atoms with Crippen molar-refractivity contribution in [1.29, 1.82) is 0 Å². The molecular formula is C9H15NS3. The molecule has 0 unspecified atom stereocenters. The van der Waals surface area contributed by atoms with Gasteiger partial charge in [0.05, 0.1) is 5.69 Å². The van der Waals surface area contributed by atoms with Crippen molar-refractivity contribution in [1.82, 2.24) is 4.98 Å². The van der Waals surface area contributed by atoms with E-state index >= 15 is 0 Å². The first-order valence-electron chi connectivity index (χ1n) is 4.31. The van der Waals surface area contributed by atoms with Gasteiger partial charge in [0.1, 0.15) is 5.01 Å². The summed E-state index contributed by atoms with van der Waals surface area (Å²) < 4.78 is 0. The summed E-state index contributed by atoms with van der Waals surface area (Å²) >= 11 is 8.00. The Hall–Kier alpha value is 0.330. The fourth-order valence-corrected chi connectivity index (χ4v) is 3.06. The second-order valence-electron chi connectivity index (χ2n) is 3.13. The molecule has 1 heterocycles. The molecule has 0 saturated heterocycles. The maximum absolute atomic E-state index is 4.50. The topological polar surface area (TPSA) is 12.9 Å². The summed E-state index contributed by atoms with van der Waals surface area (Å²) in [6, 6.07) is 0. The molecule has 0 spiro atoms. The van der Waals surface area contributed by atoms with Crippen LogP contribution in [0.2, 0.25) is 0 Å². The lowest BCUT2D eigenvalue weighted by Crippen LogP contribution is -1.88. The highest BCUT2D eigenvalue weighted by Gasteiger charge is 2.06. The molecule has 0 radical (unpaired) electrons. The summed E-state index contributed by atoms with van der Waals surface area (Å²) in [5, 5.41) is 1.92. The molecule has 0 amide bonds. The van der Waals surface area contributed by atoms with Gasteiger partial charge in [0, 0.05) is 16.4 Å². The molecule has 0 bridgehead atoms. The summed E-state index contributed by atoms with van der Waals surface area (Å²) in [6.45, 7) is 6.49. The fraction of sp³-hybridized carbons (Fsp3) is 0.667. The van der Waals surface area contributed by atoms with Crippen molar-refractivity contribution in [3.05, 3.63) is 15.6 Å². The van der Waals surface area contributed by atoms with Crippen LogP contribution in [-0.4, -0.2) is 10.2 Å². The summed E-state index contributed by atoms with van der Waals surface area (Å²) in [7, 11) is 0. The highest BCUT2D eigenvalue weighted by Crippen LogP contribution is 2.24. The van der Waals surface area contributed by atoms with Gasteiger partial charge in [-0.05, 0) is 12.2 Å². The van der Waals surface area contributed by atoms with Crippen molar-refractivity contribution in [2.75, 3.05) is 0 Å². The van der Waals surface area contributed by atoms with E-state index in [1.807, 2.05) is 11.8 Å². The number of thioether (sulfide) groups is 1. The van der Waals surface area contributed by atoms with Crippen molar-refractivity contribution >= 4 is 35.7 Å². The average Bonchev–Trinajstić information content (AvgIpc) is 2.43. The van der Waals surface area contributed by atoms with Crippen LogP contribution in [0, 0.1) is 6.92 Å². The monoisotopic (exact) mass is 233 g/mol. The van der Waals surface area contributed by atoms with Crippen molar-refractivity contribution in [2.45, 2.75) is 37.5 Å². The molecule has 0 aliphatic carbocycles. The largest absolute Gasteiger partial charge is 0.245 e. The van der Waals surface area contributed by atoms with Crippen LogP contribution in [-0.2, 0) is 11.5 Å². The molecule has 13 heavy (non-hydrogen) atoms. The molecule has 1 rings (SSSR count). The third kappa shape index (κ3) is 3.52. The zero-order valence-corrected chi connectivity index (χ0v) is 10.7. The Morgan fingerprint density at radius 1 is 1.54 bits per heavy atom. The van der Waals surface area contributed by atoms with Gasteiger partial charge in [-0.1, -0.05) is 13.8 Å². The van der Waals surface area contributed by atoms with E-state index in [9.17, 15) is 0 Å². The van der Waals surface area contributed by atoms with E-state index in [1.54, 1.807) is 11.3 Å². The summed E-state index contributed by atoms with van der Waals surface area (Å²) in [6.07, 6.45) is 0. The van der Waals surface area contributed by atoms with Crippen molar-refractivity contribution < 1.29 is 0 Å². The smallest absolute Gasteiger partial charge is 0.103 e. The van der Waals surface area contributed by atoms with Gasteiger partial charge in [0.25, 0.3) is 0 Å². The molecule has 1 aromatic heterocycles. The van der Waals surface area contributed by atoms with Gasteiger partial charge in [-0.2, -0.15) is 24.4 Å². The van der Waals surface area contributed by atoms with Gasteiger partial charge in [0.2, 0.25) is 0 Å². The number of nitrogens with zero attached hydrogens (tertiary/aromatic N) is 1. The molecule has 0 aliphatic heterocycles. The lowest BCUT2D eigenvalue weighted by atomic mass is 10.4. The molecule has 0 N–H and O–H groups in total. The number of aryl methyl sites for hydroxylation is 1. The highest BCUT2D eigenvalue weighted by atomic mass is 32.2. The number of thiol groups is 1. The van der Waals surface area contributed by atoms with Gasteiger partial charge < -0.3 is 0 Å². The van der Waals surface area contributed by atoms with Gasteiger partial charge in [-0.25, -0.2) is 4.98 Å². The van der Waals surface area contributed by atoms with Crippen LogP contribution >= 0.6 is 35.7 Å². The Bertz CT molecular complexity index is 268. The molecule has 0 fully saturated rings. The first-order chi connectivity index (χ1) is 6.13. The predicted molar refractivity (Wildman–Crippen MR) is 66.0 cm³/mol. The minimum atomic E-state index is 0.684. The number of rotatable bonds is 4. The quantitative estimate of drug-likeness (QED) is 0.799. The normalized spacial score (nSPS) is 11.2. The standard InChI is InChI=1S/C9H15NS3/c1-6(2)12-5-9-10-7(3)8(4-11)13-9/h6,11H,4-5H2,1-3H3. The van der Waals surface area contributed by atoms with Crippen LogP contribution in [0.25, 0.3) is 0 Å². The van der Waals surface area contributed by atoms with Crippen molar-refractivity contribution in [3.63, 3.8) is 0 Å². The Morgan fingerprint density at radius 3 is 2.69 bits per heavy atom. The minimum absolute atomic E-state index is 0.684.